The summed E-state index contributed by atoms with van der Waals surface area (Å²) in [5.41, 5.74) is 1.14. The Morgan fingerprint density at radius 1 is 1.29 bits per heavy atom. The lowest BCUT2D eigenvalue weighted by Gasteiger charge is -2.10. The fourth-order valence-electron chi connectivity index (χ4n) is 1.34. The van der Waals surface area contributed by atoms with Crippen LogP contribution in [-0.2, 0) is 11.2 Å². The lowest BCUT2D eigenvalue weighted by Crippen LogP contribution is -2.12. The van der Waals surface area contributed by atoms with Gasteiger partial charge in [-0.1, -0.05) is 41.9 Å². The molecule has 1 aromatic rings. The SMILES string of the molecule is CC(=O)C(Br)Cc1ccc(OCC(C)C)cc1. The standard InChI is InChI=1S/C14H19BrO2/c1-10(2)9-17-13-6-4-12(5-7-13)8-14(15)11(3)16/h4-7,10,14H,8-9H2,1-3H3. The van der Waals surface area contributed by atoms with Gasteiger partial charge in [0, 0.05) is 0 Å². The van der Waals surface area contributed by atoms with Gasteiger partial charge in [-0.05, 0) is 37.0 Å². The Morgan fingerprint density at radius 3 is 2.35 bits per heavy atom. The van der Waals surface area contributed by atoms with E-state index in [9.17, 15) is 4.79 Å². The maximum absolute atomic E-state index is 11.1. The first-order chi connectivity index (χ1) is 7.99. The molecule has 0 aliphatic carbocycles. The number of ether oxygens (including phenoxy) is 1. The molecule has 0 aromatic heterocycles. The smallest absolute Gasteiger partial charge is 0.143 e. The van der Waals surface area contributed by atoms with Gasteiger partial charge in [-0.2, -0.15) is 0 Å². The highest BCUT2D eigenvalue weighted by Crippen LogP contribution is 2.16. The predicted molar refractivity (Wildman–Crippen MR) is 73.9 cm³/mol. The van der Waals surface area contributed by atoms with Crippen molar-refractivity contribution in [2.75, 3.05) is 6.61 Å². The Labute approximate surface area is 111 Å². The van der Waals surface area contributed by atoms with Gasteiger partial charge in [0.2, 0.25) is 0 Å². The number of Topliss-reactive ketones (excluding diaryl/α,β-unsaturated/α-hetero) is 1. The quantitative estimate of drug-likeness (QED) is 0.750. The third kappa shape index (κ3) is 5.35. The highest BCUT2D eigenvalue weighted by atomic mass is 79.9. The Hall–Kier alpha value is -0.830. The van der Waals surface area contributed by atoms with Crippen molar-refractivity contribution >= 4 is 21.7 Å². The summed E-state index contributed by atoms with van der Waals surface area (Å²) in [4.78, 5) is 11.0. The zero-order chi connectivity index (χ0) is 12.8. The van der Waals surface area contributed by atoms with Crippen molar-refractivity contribution in [1.82, 2.24) is 0 Å². The molecule has 2 nitrogen and oxygen atoms in total. The van der Waals surface area contributed by atoms with E-state index in [1.165, 1.54) is 0 Å². The van der Waals surface area contributed by atoms with E-state index in [1.807, 2.05) is 24.3 Å². The number of hydrogen-bond acceptors (Lipinski definition) is 2. The molecule has 0 heterocycles. The minimum absolute atomic E-state index is 0.0927. The number of benzene rings is 1. The van der Waals surface area contributed by atoms with Gasteiger partial charge in [0.25, 0.3) is 0 Å². The molecule has 0 radical (unpaired) electrons. The molecule has 0 aliphatic heterocycles. The first-order valence-electron chi connectivity index (χ1n) is 5.85. The normalized spacial score (nSPS) is 12.5. The van der Waals surface area contributed by atoms with E-state index in [-0.39, 0.29) is 10.6 Å². The van der Waals surface area contributed by atoms with E-state index in [1.54, 1.807) is 6.92 Å². The molecule has 0 fully saturated rings. The van der Waals surface area contributed by atoms with E-state index < -0.39 is 0 Å². The van der Waals surface area contributed by atoms with E-state index in [2.05, 4.69) is 29.8 Å². The van der Waals surface area contributed by atoms with Gasteiger partial charge in [0.15, 0.2) is 0 Å². The Kier molecular flexibility index (Phi) is 5.69. The molecule has 0 saturated heterocycles. The van der Waals surface area contributed by atoms with Crippen molar-refractivity contribution in [1.29, 1.82) is 0 Å². The highest BCUT2D eigenvalue weighted by molar-refractivity contribution is 9.10. The molecule has 0 aliphatic rings. The Morgan fingerprint density at radius 2 is 1.88 bits per heavy atom. The van der Waals surface area contributed by atoms with Crippen LogP contribution in [0.25, 0.3) is 0 Å². The molecule has 0 N–H and O–H groups in total. The summed E-state index contributed by atoms with van der Waals surface area (Å²) in [5.74, 6) is 1.57. The molecule has 3 heteroatoms. The molecule has 1 atom stereocenters. The van der Waals surface area contributed by atoms with Crippen molar-refractivity contribution < 1.29 is 9.53 Å². The van der Waals surface area contributed by atoms with Crippen molar-refractivity contribution in [3.63, 3.8) is 0 Å². The van der Waals surface area contributed by atoms with Crippen LogP contribution >= 0.6 is 15.9 Å². The zero-order valence-corrected chi connectivity index (χ0v) is 12.2. The molecule has 0 bridgehead atoms. The third-order valence-corrected chi connectivity index (χ3v) is 3.33. The van der Waals surface area contributed by atoms with Gasteiger partial charge < -0.3 is 4.74 Å². The maximum atomic E-state index is 11.1. The van der Waals surface area contributed by atoms with E-state index in [4.69, 9.17) is 4.74 Å². The minimum atomic E-state index is -0.0927. The first kappa shape index (κ1) is 14.2. The van der Waals surface area contributed by atoms with E-state index in [0.717, 1.165) is 24.3 Å². The van der Waals surface area contributed by atoms with Crippen LogP contribution in [0.2, 0.25) is 0 Å². The molecule has 94 valence electrons. The van der Waals surface area contributed by atoms with Gasteiger partial charge in [-0.25, -0.2) is 0 Å². The molecule has 1 rings (SSSR count). The fraction of sp³-hybridized carbons (Fsp3) is 0.500. The number of carbonyl (C=O) groups is 1. The zero-order valence-electron chi connectivity index (χ0n) is 10.6. The summed E-state index contributed by atoms with van der Waals surface area (Å²) in [6.45, 7) is 6.57. The highest BCUT2D eigenvalue weighted by Gasteiger charge is 2.10. The van der Waals surface area contributed by atoms with Crippen molar-refractivity contribution in [3.8, 4) is 5.75 Å². The molecule has 1 aromatic carbocycles. The van der Waals surface area contributed by atoms with Gasteiger partial charge in [-0.15, -0.1) is 0 Å². The Bertz CT molecular complexity index is 357. The minimum Gasteiger partial charge on any atom is -0.493 e. The van der Waals surface area contributed by atoms with Gasteiger partial charge in [-0.3, -0.25) is 4.79 Å². The monoisotopic (exact) mass is 298 g/mol. The lowest BCUT2D eigenvalue weighted by molar-refractivity contribution is -0.116. The van der Waals surface area contributed by atoms with Gasteiger partial charge in [0.05, 0.1) is 11.4 Å². The van der Waals surface area contributed by atoms with Crippen LogP contribution in [-0.4, -0.2) is 17.2 Å². The fourth-order valence-corrected chi connectivity index (χ4v) is 1.71. The van der Waals surface area contributed by atoms with Crippen LogP contribution in [0.15, 0.2) is 24.3 Å². The summed E-state index contributed by atoms with van der Waals surface area (Å²) in [7, 11) is 0. The summed E-state index contributed by atoms with van der Waals surface area (Å²) >= 11 is 3.37. The molecule has 0 spiro atoms. The number of hydrogen-bond donors (Lipinski definition) is 0. The number of rotatable bonds is 6. The van der Waals surface area contributed by atoms with Gasteiger partial charge in [0.1, 0.15) is 11.5 Å². The molecule has 0 saturated carbocycles. The first-order valence-corrected chi connectivity index (χ1v) is 6.77. The van der Waals surface area contributed by atoms with Gasteiger partial charge >= 0.3 is 0 Å². The predicted octanol–water partition coefficient (Wildman–Crippen LogP) is 3.62. The second-order valence-electron chi connectivity index (χ2n) is 4.63. The van der Waals surface area contributed by atoms with Crippen LogP contribution < -0.4 is 4.74 Å². The maximum Gasteiger partial charge on any atom is 0.143 e. The molecular formula is C14H19BrO2. The van der Waals surface area contributed by atoms with E-state index in [0.29, 0.717) is 5.92 Å². The number of halogens is 1. The Balaban J connectivity index is 2.53. The summed E-state index contributed by atoms with van der Waals surface area (Å²) in [5, 5.41) is 0. The average molecular weight is 299 g/mol. The van der Waals surface area contributed by atoms with Crippen LogP contribution in [0.3, 0.4) is 0 Å². The number of ketones is 1. The second kappa shape index (κ2) is 6.80. The molecule has 0 amide bonds. The second-order valence-corrected chi connectivity index (χ2v) is 5.74. The van der Waals surface area contributed by atoms with Crippen molar-refractivity contribution in [2.45, 2.75) is 32.0 Å². The summed E-state index contributed by atoms with van der Waals surface area (Å²) in [6.07, 6.45) is 0.722. The van der Waals surface area contributed by atoms with Crippen LogP contribution in [0.4, 0.5) is 0 Å². The van der Waals surface area contributed by atoms with Crippen molar-refractivity contribution in [3.05, 3.63) is 29.8 Å². The van der Waals surface area contributed by atoms with Crippen LogP contribution in [0, 0.1) is 5.92 Å². The van der Waals surface area contributed by atoms with Crippen LogP contribution in [0.5, 0.6) is 5.75 Å². The molecule has 17 heavy (non-hydrogen) atoms. The number of alkyl halides is 1. The van der Waals surface area contributed by atoms with Crippen molar-refractivity contribution in [2.24, 2.45) is 5.92 Å². The third-order valence-electron chi connectivity index (χ3n) is 2.36. The topological polar surface area (TPSA) is 26.3 Å². The average Bonchev–Trinajstić information content (AvgIpc) is 2.28. The molecular weight excluding hydrogens is 280 g/mol. The van der Waals surface area contributed by atoms with Crippen LogP contribution in [0.1, 0.15) is 26.3 Å². The summed E-state index contributed by atoms with van der Waals surface area (Å²) < 4.78 is 5.60. The lowest BCUT2D eigenvalue weighted by atomic mass is 10.1. The number of carbonyl (C=O) groups excluding carboxylic acids is 1. The van der Waals surface area contributed by atoms with E-state index >= 15 is 0 Å². The summed E-state index contributed by atoms with van der Waals surface area (Å²) in [6, 6.07) is 7.93. The largest absolute Gasteiger partial charge is 0.493 e. The molecule has 1 unspecified atom stereocenters.